The Morgan fingerprint density at radius 1 is 1.00 bits per heavy atom. The van der Waals surface area contributed by atoms with Crippen molar-refractivity contribution in [1.82, 2.24) is 5.32 Å². The Hall–Kier alpha value is -0.370. The van der Waals surface area contributed by atoms with Crippen molar-refractivity contribution in [2.45, 2.75) is 57.8 Å². The van der Waals surface area contributed by atoms with Crippen molar-refractivity contribution < 1.29 is 4.79 Å². The zero-order valence-electron chi connectivity index (χ0n) is 10.3. The summed E-state index contributed by atoms with van der Waals surface area (Å²) in [5.41, 5.74) is 0. The first-order valence-corrected chi connectivity index (χ1v) is 7.09. The monoisotopic (exact) mass is 223 g/mol. The number of nitrogens with one attached hydrogen (secondary N) is 1. The van der Waals surface area contributed by atoms with Crippen LogP contribution < -0.4 is 5.32 Å². The van der Waals surface area contributed by atoms with E-state index in [1.165, 1.54) is 44.9 Å². The molecule has 1 saturated heterocycles. The van der Waals surface area contributed by atoms with Crippen LogP contribution in [0.4, 0.5) is 0 Å². The van der Waals surface area contributed by atoms with Crippen LogP contribution in [0.2, 0.25) is 0 Å². The lowest BCUT2D eigenvalue weighted by Crippen LogP contribution is -2.35. The molecule has 1 N–H and O–H groups in total. The van der Waals surface area contributed by atoms with Gasteiger partial charge in [0, 0.05) is 18.9 Å². The third-order valence-electron chi connectivity index (χ3n) is 4.22. The van der Waals surface area contributed by atoms with E-state index in [9.17, 15) is 4.79 Å². The van der Waals surface area contributed by atoms with E-state index >= 15 is 0 Å². The van der Waals surface area contributed by atoms with Gasteiger partial charge >= 0.3 is 0 Å². The fourth-order valence-corrected chi connectivity index (χ4v) is 3.15. The highest BCUT2D eigenvalue weighted by Gasteiger charge is 2.24. The Bertz CT molecular complexity index is 213. The third kappa shape index (κ3) is 3.58. The molecule has 2 nitrogen and oxygen atoms in total. The maximum atomic E-state index is 12.1. The second-order valence-corrected chi connectivity index (χ2v) is 5.57. The molecule has 1 aliphatic carbocycles. The van der Waals surface area contributed by atoms with Crippen molar-refractivity contribution in [3.63, 3.8) is 0 Å². The zero-order valence-corrected chi connectivity index (χ0v) is 10.3. The summed E-state index contributed by atoms with van der Waals surface area (Å²) in [7, 11) is 0. The summed E-state index contributed by atoms with van der Waals surface area (Å²) in [5.74, 6) is 1.58. The van der Waals surface area contributed by atoms with Gasteiger partial charge in [-0.25, -0.2) is 0 Å². The Morgan fingerprint density at radius 3 is 2.38 bits per heavy atom. The minimum atomic E-state index is 0.331. The van der Waals surface area contributed by atoms with Crippen LogP contribution >= 0.6 is 0 Å². The summed E-state index contributed by atoms with van der Waals surface area (Å²) < 4.78 is 0. The lowest BCUT2D eigenvalue weighted by Gasteiger charge is -2.23. The van der Waals surface area contributed by atoms with Gasteiger partial charge in [-0.05, 0) is 25.3 Å². The number of hydrogen-bond acceptors (Lipinski definition) is 2. The molecular formula is C14H25NO. The van der Waals surface area contributed by atoms with Crippen molar-refractivity contribution >= 4 is 5.78 Å². The molecule has 1 atom stereocenters. The van der Waals surface area contributed by atoms with Gasteiger partial charge < -0.3 is 5.32 Å². The van der Waals surface area contributed by atoms with Crippen LogP contribution in [0, 0.1) is 11.8 Å². The van der Waals surface area contributed by atoms with Gasteiger partial charge in [0.15, 0.2) is 0 Å². The van der Waals surface area contributed by atoms with E-state index in [0.29, 0.717) is 17.6 Å². The molecule has 1 unspecified atom stereocenters. The van der Waals surface area contributed by atoms with Crippen LogP contribution in [0.25, 0.3) is 0 Å². The van der Waals surface area contributed by atoms with Crippen molar-refractivity contribution in [3.05, 3.63) is 0 Å². The highest BCUT2D eigenvalue weighted by atomic mass is 16.1. The Kier molecular flexibility index (Phi) is 4.83. The molecule has 0 aromatic rings. The van der Waals surface area contributed by atoms with Crippen LogP contribution in [-0.2, 0) is 4.79 Å². The van der Waals surface area contributed by atoms with Gasteiger partial charge in [0.25, 0.3) is 0 Å². The molecule has 0 aromatic carbocycles. The molecule has 1 heterocycles. The summed E-state index contributed by atoms with van der Waals surface area (Å²) in [4.78, 5) is 12.1. The topological polar surface area (TPSA) is 29.1 Å². The number of hydrogen-bond donors (Lipinski definition) is 1. The van der Waals surface area contributed by atoms with E-state index in [4.69, 9.17) is 0 Å². The maximum absolute atomic E-state index is 12.1. The van der Waals surface area contributed by atoms with Gasteiger partial charge in [0.1, 0.15) is 5.78 Å². The van der Waals surface area contributed by atoms with Gasteiger partial charge in [-0.15, -0.1) is 0 Å². The number of ketones is 1. The average Bonchev–Trinajstić information content (AvgIpc) is 2.59. The van der Waals surface area contributed by atoms with E-state index in [-0.39, 0.29) is 0 Å². The molecule has 0 radical (unpaired) electrons. The molecule has 2 fully saturated rings. The number of carbonyl (C=O) groups excluding carboxylic acids is 1. The second kappa shape index (κ2) is 6.39. The van der Waals surface area contributed by atoms with Crippen LogP contribution in [0.5, 0.6) is 0 Å². The molecule has 92 valence electrons. The van der Waals surface area contributed by atoms with E-state index in [1.807, 2.05) is 0 Å². The fourth-order valence-electron chi connectivity index (χ4n) is 3.15. The molecule has 16 heavy (non-hydrogen) atoms. The molecule has 2 heteroatoms. The van der Waals surface area contributed by atoms with Crippen molar-refractivity contribution in [2.75, 3.05) is 13.1 Å². The minimum Gasteiger partial charge on any atom is -0.316 e. The fraction of sp³-hybridized carbons (Fsp3) is 0.929. The molecule has 0 bridgehead atoms. The molecule has 1 saturated carbocycles. The number of Topliss-reactive ketones (excluding diaryl/α,β-unsaturated/α-hetero) is 1. The lowest BCUT2D eigenvalue weighted by molar-refractivity contribution is -0.124. The van der Waals surface area contributed by atoms with E-state index in [1.54, 1.807) is 0 Å². The quantitative estimate of drug-likeness (QED) is 0.745. The van der Waals surface area contributed by atoms with Gasteiger partial charge in [-0.3, -0.25) is 4.79 Å². The standard InChI is InChI=1S/C14H25NO/c16-14(13-8-5-9-15-11-13)10-12-6-3-1-2-4-7-12/h12-13,15H,1-11H2. The van der Waals surface area contributed by atoms with E-state index < -0.39 is 0 Å². The Morgan fingerprint density at radius 2 is 1.75 bits per heavy atom. The first kappa shape index (κ1) is 12.1. The Balaban J connectivity index is 1.76. The SMILES string of the molecule is O=C(CC1CCCCCC1)C1CCCNC1. The molecule has 0 aromatic heterocycles. The molecular weight excluding hydrogens is 198 g/mol. The van der Waals surface area contributed by atoms with Crippen LogP contribution in [0.3, 0.4) is 0 Å². The van der Waals surface area contributed by atoms with Crippen molar-refractivity contribution in [3.8, 4) is 0 Å². The number of carbonyl (C=O) groups is 1. The maximum Gasteiger partial charge on any atom is 0.137 e. The summed E-state index contributed by atoms with van der Waals surface area (Å²) in [5, 5.41) is 3.34. The van der Waals surface area contributed by atoms with Gasteiger partial charge in [0.2, 0.25) is 0 Å². The second-order valence-electron chi connectivity index (χ2n) is 5.57. The van der Waals surface area contributed by atoms with Crippen molar-refractivity contribution in [2.24, 2.45) is 11.8 Å². The summed E-state index contributed by atoms with van der Waals surface area (Å²) in [6.45, 7) is 2.04. The number of piperidine rings is 1. The van der Waals surface area contributed by atoms with Crippen LogP contribution in [-0.4, -0.2) is 18.9 Å². The highest BCUT2D eigenvalue weighted by Crippen LogP contribution is 2.27. The first-order chi connectivity index (χ1) is 7.86. The lowest BCUT2D eigenvalue weighted by atomic mass is 9.86. The molecule has 2 aliphatic rings. The Labute approximate surface area is 99.2 Å². The average molecular weight is 223 g/mol. The minimum absolute atomic E-state index is 0.331. The highest BCUT2D eigenvalue weighted by molar-refractivity contribution is 5.81. The largest absolute Gasteiger partial charge is 0.316 e. The molecule has 1 aliphatic heterocycles. The van der Waals surface area contributed by atoms with Gasteiger partial charge in [0.05, 0.1) is 0 Å². The van der Waals surface area contributed by atoms with Gasteiger partial charge in [-0.1, -0.05) is 38.5 Å². The summed E-state index contributed by atoms with van der Waals surface area (Å²) >= 11 is 0. The molecule has 2 rings (SSSR count). The van der Waals surface area contributed by atoms with Crippen molar-refractivity contribution in [1.29, 1.82) is 0 Å². The van der Waals surface area contributed by atoms with E-state index in [2.05, 4.69) is 5.32 Å². The van der Waals surface area contributed by atoms with Crippen LogP contribution in [0.1, 0.15) is 57.8 Å². The predicted molar refractivity (Wildman–Crippen MR) is 66.4 cm³/mol. The number of rotatable bonds is 3. The van der Waals surface area contributed by atoms with E-state index in [0.717, 1.165) is 25.9 Å². The van der Waals surface area contributed by atoms with Gasteiger partial charge in [-0.2, -0.15) is 0 Å². The smallest absolute Gasteiger partial charge is 0.137 e. The molecule has 0 amide bonds. The summed E-state index contributed by atoms with van der Waals surface area (Å²) in [6, 6.07) is 0. The van der Waals surface area contributed by atoms with Crippen LogP contribution in [0.15, 0.2) is 0 Å². The normalized spacial score (nSPS) is 28.6. The third-order valence-corrected chi connectivity index (χ3v) is 4.22. The summed E-state index contributed by atoms with van der Waals surface area (Å²) in [6.07, 6.45) is 11.2. The zero-order chi connectivity index (χ0) is 11.2. The molecule has 0 spiro atoms. The predicted octanol–water partition coefficient (Wildman–Crippen LogP) is 2.92. The first-order valence-electron chi connectivity index (χ1n) is 7.09.